The van der Waals surface area contributed by atoms with Gasteiger partial charge in [0.1, 0.15) is 17.5 Å². The van der Waals surface area contributed by atoms with E-state index >= 15 is 0 Å². The van der Waals surface area contributed by atoms with Gasteiger partial charge in [0.2, 0.25) is 5.91 Å². The van der Waals surface area contributed by atoms with Gasteiger partial charge >= 0.3 is 5.97 Å². The Bertz CT molecular complexity index is 667. The third-order valence-electron chi connectivity index (χ3n) is 4.36. The lowest BCUT2D eigenvalue weighted by atomic mass is 10.00. The maximum Gasteiger partial charge on any atom is 0.308 e. The van der Waals surface area contributed by atoms with E-state index in [2.05, 4.69) is 10.6 Å². The second kappa shape index (κ2) is 9.80. The Balaban J connectivity index is 2.95. The highest BCUT2D eigenvalue weighted by Crippen LogP contribution is 2.22. The van der Waals surface area contributed by atoms with Gasteiger partial charge in [0, 0.05) is 17.7 Å². The van der Waals surface area contributed by atoms with Gasteiger partial charge in [0.15, 0.2) is 0 Å². The smallest absolute Gasteiger partial charge is 0.308 e. The first kappa shape index (κ1) is 22.3. The van der Waals surface area contributed by atoms with Crippen molar-refractivity contribution in [3.05, 3.63) is 23.8 Å². The fourth-order valence-corrected chi connectivity index (χ4v) is 2.35. The SMILES string of the molecule is COc1cc(OC)cc(C(=O)NC(C(=O)NC(C)C(C)C(=O)O)C(C)C)c1. The first-order chi connectivity index (χ1) is 12.6. The lowest BCUT2D eigenvalue weighted by Crippen LogP contribution is -2.53. The molecule has 8 nitrogen and oxygen atoms in total. The maximum atomic E-state index is 12.6. The Labute approximate surface area is 159 Å². The molecule has 0 aromatic heterocycles. The summed E-state index contributed by atoms with van der Waals surface area (Å²) in [4.78, 5) is 36.3. The number of amides is 2. The second-order valence-corrected chi connectivity index (χ2v) is 6.72. The van der Waals surface area contributed by atoms with E-state index in [4.69, 9.17) is 14.6 Å². The summed E-state index contributed by atoms with van der Waals surface area (Å²) in [5, 5.41) is 14.4. The van der Waals surface area contributed by atoms with Crippen LogP contribution in [0, 0.1) is 11.8 Å². The van der Waals surface area contributed by atoms with E-state index in [-0.39, 0.29) is 11.5 Å². The average molecular weight is 380 g/mol. The number of carboxylic acid groups (broad SMARTS) is 1. The van der Waals surface area contributed by atoms with E-state index in [1.54, 1.807) is 39.0 Å². The molecule has 0 heterocycles. The average Bonchev–Trinajstić information content (AvgIpc) is 2.63. The number of benzene rings is 1. The minimum absolute atomic E-state index is 0.200. The van der Waals surface area contributed by atoms with Gasteiger partial charge in [0.25, 0.3) is 5.91 Å². The van der Waals surface area contributed by atoms with Crippen molar-refractivity contribution in [1.29, 1.82) is 0 Å². The highest BCUT2D eigenvalue weighted by atomic mass is 16.5. The molecule has 0 aliphatic carbocycles. The molecule has 1 aromatic carbocycles. The van der Waals surface area contributed by atoms with Gasteiger partial charge in [-0.15, -0.1) is 0 Å². The van der Waals surface area contributed by atoms with Crippen LogP contribution in [-0.4, -0.2) is 49.2 Å². The first-order valence-electron chi connectivity index (χ1n) is 8.67. The van der Waals surface area contributed by atoms with Crippen molar-refractivity contribution in [1.82, 2.24) is 10.6 Å². The summed E-state index contributed by atoms with van der Waals surface area (Å²) in [5.74, 6) is -1.94. The van der Waals surface area contributed by atoms with Gasteiger partial charge in [-0.05, 0) is 31.9 Å². The van der Waals surface area contributed by atoms with Gasteiger partial charge < -0.3 is 25.2 Å². The molecule has 0 bridgehead atoms. The molecule has 1 aromatic rings. The third kappa shape index (κ3) is 6.16. The van der Waals surface area contributed by atoms with Gasteiger partial charge in [-0.1, -0.05) is 13.8 Å². The monoisotopic (exact) mass is 380 g/mol. The summed E-state index contributed by atoms with van der Waals surface area (Å²) in [6.45, 7) is 6.71. The summed E-state index contributed by atoms with van der Waals surface area (Å²) in [5.41, 5.74) is 0.289. The van der Waals surface area contributed by atoms with Gasteiger partial charge in [-0.2, -0.15) is 0 Å². The molecule has 0 aliphatic rings. The van der Waals surface area contributed by atoms with E-state index in [0.717, 1.165) is 0 Å². The van der Waals surface area contributed by atoms with E-state index in [0.29, 0.717) is 11.5 Å². The largest absolute Gasteiger partial charge is 0.497 e. The number of aliphatic carboxylic acids is 1. The van der Waals surface area contributed by atoms with Crippen molar-refractivity contribution in [2.75, 3.05) is 14.2 Å². The van der Waals surface area contributed by atoms with Crippen molar-refractivity contribution in [2.45, 2.75) is 39.8 Å². The van der Waals surface area contributed by atoms with E-state index < -0.39 is 35.8 Å². The van der Waals surface area contributed by atoms with Crippen molar-refractivity contribution in [2.24, 2.45) is 11.8 Å². The van der Waals surface area contributed by atoms with Gasteiger partial charge in [-0.25, -0.2) is 0 Å². The summed E-state index contributed by atoms with van der Waals surface area (Å²) in [7, 11) is 2.96. The second-order valence-electron chi connectivity index (χ2n) is 6.72. The van der Waals surface area contributed by atoms with E-state index in [1.807, 2.05) is 0 Å². The quantitative estimate of drug-likeness (QED) is 0.601. The van der Waals surface area contributed by atoms with Crippen LogP contribution in [0.2, 0.25) is 0 Å². The number of carboxylic acids is 1. The Morgan fingerprint density at radius 3 is 1.85 bits per heavy atom. The fraction of sp³-hybridized carbons (Fsp3) is 0.526. The van der Waals surface area contributed by atoms with Crippen LogP contribution >= 0.6 is 0 Å². The van der Waals surface area contributed by atoms with E-state index in [1.165, 1.54) is 21.1 Å². The van der Waals surface area contributed by atoms with Crippen molar-refractivity contribution in [3.8, 4) is 11.5 Å². The lowest BCUT2D eigenvalue weighted by Gasteiger charge is -2.25. The maximum absolute atomic E-state index is 12.6. The first-order valence-corrected chi connectivity index (χ1v) is 8.67. The fourth-order valence-electron chi connectivity index (χ4n) is 2.35. The zero-order chi connectivity index (χ0) is 20.7. The van der Waals surface area contributed by atoms with E-state index in [9.17, 15) is 14.4 Å². The van der Waals surface area contributed by atoms with Crippen LogP contribution in [0.3, 0.4) is 0 Å². The Hall–Kier alpha value is -2.77. The highest BCUT2D eigenvalue weighted by molar-refractivity contribution is 5.98. The van der Waals surface area contributed by atoms with Crippen molar-refractivity contribution >= 4 is 17.8 Å². The summed E-state index contributed by atoms with van der Waals surface area (Å²) in [6.07, 6.45) is 0. The molecule has 0 fully saturated rings. The Morgan fingerprint density at radius 2 is 1.44 bits per heavy atom. The number of rotatable bonds is 9. The number of methoxy groups -OCH3 is 2. The number of carbonyl (C=O) groups is 3. The standard InChI is InChI=1S/C19H28N2O6/c1-10(2)16(18(23)20-12(4)11(3)19(24)25)21-17(22)13-7-14(26-5)9-15(8-13)27-6/h7-12,16H,1-6H3,(H,20,23)(H,21,22)(H,24,25). The molecule has 2 amide bonds. The topological polar surface area (TPSA) is 114 Å². The Morgan fingerprint density at radius 1 is 0.926 bits per heavy atom. The predicted molar refractivity (Wildman–Crippen MR) is 100 cm³/mol. The molecule has 27 heavy (non-hydrogen) atoms. The molecule has 1 rings (SSSR count). The molecular formula is C19H28N2O6. The zero-order valence-corrected chi connectivity index (χ0v) is 16.5. The van der Waals surface area contributed by atoms with Gasteiger partial charge in [0.05, 0.1) is 20.1 Å². The molecule has 3 unspecified atom stereocenters. The minimum Gasteiger partial charge on any atom is -0.497 e. The molecule has 0 spiro atoms. The number of carbonyl (C=O) groups excluding carboxylic acids is 2. The molecule has 8 heteroatoms. The summed E-state index contributed by atoms with van der Waals surface area (Å²) >= 11 is 0. The highest BCUT2D eigenvalue weighted by Gasteiger charge is 2.28. The van der Waals surface area contributed by atoms with Gasteiger partial charge in [-0.3, -0.25) is 14.4 Å². The Kier molecular flexibility index (Phi) is 8.08. The molecule has 3 N–H and O–H groups in total. The number of hydrogen-bond acceptors (Lipinski definition) is 5. The molecule has 0 saturated heterocycles. The number of nitrogens with one attached hydrogen (secondary N) is 2. The van der Waals surface area contributed by atoms with Crippen LogP contribution in [-0.2, 0) is 9.59 Å². The van der Waals surface area contributed by atoms with Crippen LogP contribution in [0.5, 0.6) is 11.5 Å². The van der Waals surface area contributed by atoms with Crippen LogP contribution in [0.4, 0.5) is 0 Å². The van der Waals surface area contributed by atoms with Crippen molar-refractivity contribution < 1.29 is 29.0 Å². The molecule has 3 atom stereocenters. The van der Waals surface area contributed by atoms with Crippen LogP contribution < -0.4 is 20.1 Å². The molecular weight excluding hydrogens is 352 g/mol. The summed E-state index contributed by atoms with van der Waals surface area (Å²) in [6, 6.07) is 3.33. The molecule has 0 aliphatic heterocycles. The van der Waals surface area contributed by atoms with Crippen molar-refractivity contribution in [3.63, 3.8) is 0 Å². The van der Waals surface area contributed by atoms with Crippen LogP contribution in [0.1, 0.15) is 38.1 Å². The third-order valence-corrected chi connectivity index (χ3v) is 4.36. The predicted octanol–water partition coefficient (Wildman–Crippen LogP) is 1.68. The lowest BCUT2D eigenvalue weighted by molar-refractivity contribution is -0.142. The van der Waals surface area contributed by atoms with Crippen LogP contribution in [0.15, 0.2) is 18.2 Å². The summed E-state index contributed by atoms with van der Waals surface area (Å²) < 4.78 is 10.3. The number of ether oxygens (including phenoxy) is 2. The molecule has 150 valence electrons. The molecule has 0 saturated carbocycles. The number of hydrogen-bond donors (Lipinski definition) is 3. The molecule has 0 radical (unpaired) electrons. The normalized spacial score (nSPS) is 14.0. The van der Waals surface area contributed by atoms with Crippen LogP contribution in [0.25, 0.3) is 0 Å². The minimum atomic E-state index is -1.00. The zero-order valence-electron chi connectivity index (χ0n) is 16.5.